The Balaban J connectivity index is 2.40. The second-order valence-electron chi connectivity index (χ2n) is 3.77. The Hall–Kier alpha value is -0.550. The highest BCUT2D eigenvalue weighted by Gasteiger charge is 2.27. The summed E-state index contributed by atoms with van der Waals surface area (Å²) in [4.78, 5) is 16.3. The average Bonchev–Trinajstić information content (AvgIpc) is 2.51. The fraction of sp³-hybridized carbons (Fsp3) is 0.600. The maximum atomic E-state index is 10.8. The first-order chi connectivity index (χ1) is 6.93. The molecule has 15 heavy (non-hydrogen) atoms. The summed E-state index contributed by atoms with van der Waals surface area (Å²) in [6.07, 6.45) is 0.901. The summed E-state index contributed by atoms with van der Waals surface area (Å²) < 4.78 is -0.696. The summed E-state index contributed by atoms with van der Waals surface area (Å²) in [6.45, 7) is 5.46. The van der Waals surface area contributed by atoms with Gasteiger partial charge in [0.15, 0.2) is 0 Å². The first-order valence-corrected chi connectivity index (χ1v) is 6.56. The first kappa shape index (κ1) is 12.5. The van der Waals surface area contributed by atoms with Gasteiger partial charge >= 0.3 is 5.97 Å². The van der Waals surface area contributed by atoms with Crippen molar-refractivity contribution in [3.8, 4) is 0 Å². The molecule has 0 saturated carbocycles. The maximum Gasteiger partial charge on any atom is 0.319 e. The zero-order chi connectivity index (χ0) is 11.5. The van der Waals surface area contributed by atoms with Crippen LogP contribution in [0.4, 0.5) is 0 Å². The van der Waals surface area contributed by atoms with Gasteiger partial charge in [0.05, 0.1) is 11.2 Å². The van der Waals surface area contributed by atoms with Gasteiger partial charge in [0.25, 0.3) is 0 Å². The predicted molar refractivity (Wildman–Crippen MR) is 64.7 cm³/mol. The highest BCUT2D eigenvalue weighted by molar-refractivity contribution is 8.01. The van der Waals surface area contributed by atoms with E-state index in [1.54, 1.807) is 25.2 Å². The van der Waals surface area contributed by atoms with Crippen LogP contribution in [0.5, 0.6) is 0 Å². The number of thiazole rings is 1. The largest absolute Gasteiger partial charge is 0.480 e. The van der Waals surface area contributed by atoms with Crippen LogP contribution in [0.3, 0.4) is 0 Å². The number of carbonyl (C=O) groups is 1. The molecule has 1 aromatic heterocycles. The molecule has 0 unspecified atom stereocenters. The number of thioether (sulfide) groups is 1. The van der Waals surface area contributed by atoms with Gasteiger partial charge in [-0.05, 0) is 32.9 Å². The Morgan fingerprint density at radius 1 is 1.67 bits per heavy atom. The second kappa shape index (κ2) is 4.99. The molecule has 1 N–H and O–H groups in total. The van der Waals surface area contributed by atoms with E-state index >= 15 is 0 Å². The molecular formula is C10H15NO2S2. The van der Waals surface area contributed by atoms with Crippen LogP contribution in [0.2, 0.25) is 0 Å². The van der Waals surface area contributed by atoms with Crippen LogP contribution in [0.15, 0.2) is 5.51 Å². The van der Waals surface area contributed by atoms with Crippen LogP contribution < -0.4 is 0 Å². The highest BCUT2D eigenvalue weighted by atomic mass is 32.2. The number of nitrogens with zero attached hydrogens (tertiary/aromatic N) is 1. The van der Waals surface area contributed by atoms with E-state index in [1.807, 2.05) is 12.4 Å². The molecule has 0 bridgehead atoms. The second-order valence-corrected chi connectivity index (χ2v) is 6.43. The number of carboxylic acids is 1. The third-order valence-corrected chi connectivity index (χ3v) is 4.45. The molecule has 5 heteroatoms. The molecule has 0 fully saturated rings. The summed E-state index contributed by atoms with van der Waals surface area (Å²) in [5, 5.41) is 8.92. The summed E-state index contributed by atoms with van der Waals surface area (Å²) in [7, 11) is 0. The van der Waals surface area contributed by atoms with Crippen LogP contribution in [0.25, 0.3) is 0 Å². The van der Waals surface area contributed by atoms with E-state index in [0.717, 1.165) is 17.9 Å². The Kier molecular flexibility index (Phi) is 4.16. The molecular weight excluding hydrogens is 230 g/mol. The minimum atomic E-state index is -0.756. The summed E-state index contributed by atoms with van der Waals surface area (Å²) in [5.41, 5.74) is 2.89. The van der Waals surface area contributed by atoms with E-state index in [2.05, 4.69) is 4.98 Å². The van der Waals surface area contributed by atoms with E-state index in [9.17, 15) is 4.79 Å². The molecule has 0 radical (unpaired) electrons. The smallest absolute Gasteiger partial charge is 0.319 e. The molecule has 0 atom stereocenters. The van der Waals surface area contributed by atoms with Crippen molar-refractivity contribution in [2.75, 3.05) is 5.75 Å². The summed E-state index contributed by atoms with van der Waals surface area (Å²) in [6, 6.07) is 0. The number of aryl methyl sites for hydroxylation is 2. The number of hydrogen-bond acceptors (Lipinski definition) is 4. The molecule has 1 aromatic rings. The Bertz CT molecular complexity index is 347. The SMILES string of the molecule is Cc1ncsc1CCSC(C)(C)C(=O)O. The molecule has 1 rings (SSSR count). The number of rotatable bonds is 5. The molecule has 0 saturated heterocycles. The van der Waals surface area contributed by atoms with Gasteiger partial charge in [-0.3, -0.25) is 4.79 Å². The highest BCUT2D eigenvalue weighted by Crippen LogP contribution is 2.26. The average molecular weight is 245 g/mol. The monoisotopic (exact) mass is 245 g/mol. The lowest BCUT2D eigenvalue weighted by atomic mass is 10.2. The normalized spacial score (nSPS) is 11.7. The van der Waals surface area contributed by atoms with Crippen LogP contribution in [0, 0.1) is 6.92 Å². The van der Waals surface area contributed by atoms with Crippen molar-refractivity contribution in [3.63, 3.8) is 0 Å². The van der Waals surface area contributed by atoms with Gasteiger partial charge in [0, 0.05) is 4.88 Å². The van der Waals surface area contributed by atoms with Gasteiger partial charge in [-0.15, -0.1) is 23.1 Å². The zero-order valence-corrected chi connectivity index (χ0v) is 10.7. The fourth-order valence-electron chi connectivity index (χ4n) is 1.03. The molecule has 84 valence electrons. The van der Waals surface area contributed by atoms with Crippen molar-refractivity contribution in [2.45, 2.75) is 31.9 Å². The number of aromatic nitrogens is 1. The fourth-order valence-corrected chi connectivity index (χ4v) is 2.88. The van der Waals surface area contributed by atoms with Crippen LogP contribution in [-0.2, 0) is 11.2 Å². The van der Waals surface area contributed by atoms with Crippen LogP contribution in [0.1, 0.15) is 24.4 Å². The summed E-state index contributed by atoms with van der Waals surface area (Å²) >= 11 is 3.11. The van der Waals surface area contributed by atoms with Crippen molar-refractivity contribution in [1.29, 1.82) is 0 Å². The molecule has 1 heterocycles. The lowest BCUT2D eigenvalue weighted by Crippen LogP contribution is -2.27. The lowest BCUT2D eigenvalue weighted by Gasteiger charge is -2.17. The van der Waals surface area contributed by atoms with Crippen LogP contribution in [-0.4, -0.2) is 26.6 Å². The van der Waals surface area contributed by atoms with Gasteiger partial charge in [-0.2, -0.15) is 0 Å². The topological polar surface area (TPSA) is 50.2 Å². The van der Waals surface area contributed by atoms with Gasteiger partial charge in [-0.25, -0.2) is 4.98 Å². The standard InChI is InChI=1S/C10H15NO2S2/c1-7-8(14-6-11-7)4-5-15-10(2,3)9(12)13/h6H,4-5H2,1-3H3,(H,12,13). The molecule has 0 aliphatic rings. The van der Waals surface area contributed by atoms with Gasteiger partial charge in [0.1, 0.15) is 4.75 Å². The van der Waals surface area contributed by atoms with Crippen molar-refractivity contribution in [3.05, 3.63) is 16.1 Å². The molecule has 0 amide bonds. The van der Waals surface area contributed by atoms with Crippen molar-refractivity contribution < 1.29 is 9.90 Å². The van der Waals surface area contributed by atoms with E-state index < -0.39 is 10.7 Å². The number of hydrogen-bond donors (Lipinski definition) is 1. The Morgan fingerprint density at radius 2 is 2.33 bits per heavy atom. The zero-order valence-electron chi connectivity index (χ0n) is 9.11. The minimum Gasteiger partial charge on any atom is -0.480 e. The van der Waals surface area contributed by atoms with Crippen molar-refractivity contribution >= 4 is 29.1 Å². The van der Waals surface area contributed by atoms with Gasteiger partial charge in [-0.1, -0.05) is 0 Å². The van der Waals surface area contributed by atoms with E-state index in [-0.39, 0.29) is 0 Å². The van der Waals surface area contributed by atoms with Crippen molar-refractivity contribution in [1.82, 2.24) is 4.98 Å². The quantitative estimate of drug-likeness (QED) is 0.866. The van der Waals surface area contributed by atoms with Crippen molar-refractivity contribution in [2.24, 2.45) is 0 Å². The van der Waals surface area contributed by atoms with Crippen LogP contribution >= 0.6 is 23.1 Å². The van der Waals surface area contributed by atoms with E-state index in [4.69, 9.17) is 5.11 Å². The molecule has 0 spiro atoms. The Morgan fingerprint density at radius 3 is 2.80 bits per heavy atom. The maximum absolute atomic E-state index is 10.8. The first-order valence-electron chi connectivity index (χ1n) is 4.70. The molecule has 0 aliphatic heterocycles. The predicted octanol–water partition coefficient (Wildman–Crippen LogP) is 2.59. The molecule has 3 nitrogen and oxygen atoms in total. The minimum absolute atomic E-state index is 0.696. The Labute approximate surface area is 97.9 Å². The molecule has 0 aliphatic carbocycles. The van der Waals surface area contributed by atoms with Gasteiger partial charge in [0.2, 0.25) is 0 Å². The lowest BCUT2D eigenvalue weighted by molar-refractivity contribution is -0.138. The number of aliphatic carboxylic acids is 1. The van der Waals surface area contributed by atoms with E-state index in [0.29, 0.717) is 0 Å². The molecule has 0 aromatic carbocycles. The number of carboxylic acid groups (broad SMARTS) is 1. The van der Waals surface area contributed by atoms with E-state index in [1.165, 1.54) is 16.6 Å². The third kappa shape index (κ3) is 3.50. The third-order valence-electron chi connectivity index (χ3n) is 2.15. The summed E-state index contributed by atoms with van der Waals surface area (Å²) in [5.74, 6) is 0.0658. The van der Waals surface area contributed by atoms with Gasteiger partial charge < -0.3 is 5.11 Å².